The average molecular weight is 407 g/mol. The first-order valence-electron chi connectivity index (χ1n) is 7.89. The molecule has 2 N–H and O–H groups in total. The standard InChI is InChI=1S/C17H15ClN4O6/c1-10(20-16(24)11-3-2-4-13(7-11)22(26)27)17(25)28-9-15(23)21-14-6-5-12(18)8-19-14/h2-8,10H,9H2,1H3,(H,20,24)(H,19,21,23)/t10-/m0/s1. The molecule has 0 aliphatic heterocycles. The van der Waals surface area contributed by atoms with Gasteiger partial charge in [0.05, 0.1) is 9.95 Å². The second-order valence-corrected chi connectivity index (χ2v) is 5.96. The number of nitrogens with zero attached hydrogens (tertiary/aromatic N) is 2. The predicted octanol–water partition coefficient (Wildman–Crippen LogP) is 1.94. The van der Waals surface area contributed by atoms with Crippen molar-refractivity contribution < 1.29 is 24.0 Å². The molecule has 28 heavy (non-hydrogen) atoms. The lowest BCUT2D eigenvalue weighted by Crippen LogP contribution is -2.40. The van der Waals surface area contributed by atoms with Gasteiger partial charge in [0.2, 0.25) is 0 Å². The fourth-order valence-corrected chi connectivity index (χ4v) is 2.10. The van der Waals surface area contributed by atoms with E-state index < -0.39 is 35.4 Å². The van der Waals surface area contributed by atoms with Gasteiger partial charge in [-0.15, -0.1) is 0 Å². The molecule has 0 saturated heterocycles. The Morgan fingerprint density at radius 2 is 2.04 bits per heavy atom. The number of nitro benzene ring substituents is 1. The third-order valence-corrected chi connectivity index (χ3v) is 3.58. The molecule has 0 radical (unpaired) electrons. The van der Waals surface area contributed by atoms with Crippen LogP contribution >= 0.6 is 11.6 Å². The monoisotopic (exact) mass is 406 g/mol. The lowest BCUT2D eigenvalue weighted by Gasteiger charge is -2.13. The third-order valence-electron chi connectivity index (χ3n) is 3.36. The second-order valence-electron chi connectivity index (χ2n) is 5.52. The van der Waals surface area contributed by atoms with Gasteiger partial charge in [0.25, 0.3) is 17.5 Å². The van der Waals surface area contributed by atoms with Gasteiger partial charge in [-0.2, -0.15) is 0 Å². The number of rotatable bonds is 7. The normalized spacial score (nSPS) is 11.2. The van der Waals surface area contributed by atoms with E-state index in [9.17, 15) is 24.5 Å². The summed E-state index contributed by atoms with van der Waals surface area (Å²) in [6.45, 7) is 0.774. The van der Waals surface area contributed by atoms with E-state index in [0.29, 0.717) is 5.02 Å². The highest BCUT2D eigenvalue weighted by atomic mass is 35.5. The number of amides is 2. The summed E-state index contributed by atoms with van der Waals surface area (Å²) in [4.78, 5) is 49.8. The Bertz CT molecular complexity index is 903. The highest BCUT2D eigenvalue weighted by Crippen LogP contribution is 2.13. The van der Waals surface area contributed by atoms with Gasteiger partial charge in [0, 0.05) is 23.9 Å². The molecule has 1 heterocycles. The lowest BCUT2D eigenvalue weighted by molar-refractivity contribution is -0.384. The van der Waals surface area contributed by atoms with Gasteiger partial charge in [-0.1, -0.05) is 17.7 Å². The number of esters is 1. The molecule has 11 heteroatoms. The number of ether oxygens (including phenoxy) is 1. The molecule has 1 atom stereocenters. The Morgan fingerprint density at radius 3 is 2.68 bits per heavy atom. The molecule has 10 nitrogen and oxygen atoms in total. The Labute approximate surface area is 164 Å². The van der Waals surface area contributed by atoms with Crippen molar-refractivity contribution in [2.75, 3.05) is 11.9 Å². The fourth-order valence-electron chi connectivity index (χ4n) is 1.99. The van der Waals surface area contributed by atoms with Crippen LogP contribution in [0.5, 0.6) is 0 Å². The van der Waals surface area contributed by atoms with Gasteiger partial charge in [-0.25, -0.2) is 9.78 Å². The van der Waals surface area contributed by atoms with Crippen LogP contribution in [0.25, 0.3) is 0 Å². The van der Waals surface area contributed by atoms with E-state index >= 15 is 0 Å². The van der Waals surface area contributed by atoms with Crippen molar-refractivity contribution in [2.45, 2.75) is 13.0 Å². The molecule has 0 bridgehead atoms. The molecule has 0 aliphatic rings. The zero-order valence-electron chi connectivity index (χ0n) is 14.5. The molecule has 2 aromatic rings. The van der Waals surface area contributed by atoms with E-state index in [1.54, 1.807) is 0 Å². The van der Waals surface area contributed by atoms with Crippen LogP contribution in [0.2, 0.25) is 5.02 Å². The molecule has 0 spiro atoms. The molecule has 1 aromatic heterocycles. The van der Waals surface area contributed by atoms with E-state index in [0.717, 1.165) is 6.07 Å². The van der Waals surface area contributed by atoms with E-state index in [-0.39, 0.29) is 17.1 Å². The van der Waals surface area contributed by atoms with Gasteiger partial charge in [0.1, 0.15) is 11.9 Å². The summed E-state index contributed by atoms with van der Waals surface area (Å²) in [6, 6.07) is 6.97. The van der Waals surface area contributed by atoms with E-state index in [1.807, 2.05) is 0 Å². The predicted molar refractivity (Wildman–Crippen MR) is 98.9 cm³/mol. The Kier molecular flexibility index (Phi) is 6.99. The minimum Gasteiger partial charge on any atom is -0.454 e. The SMILES string of the molecule is C[C@H](NC(=O)c1cccc([N+](=O)[O-])c1)C(=O)OCC(=O)Nc1ccc(Cl)cn1. The summed E-state index contributed by atoms with van der Waals surface area (Å²) >= 11 is 5.68. The van der Waals surface area contributed by atoms with Gasteiger partial charge < -0.3 is 15.4 Å². The van der Waals surface area contributed by atoms with Crippen molar-refractivity contribution in [3.63, 3.8) is 0 Å². The lowest BCUT2D eigenvalue weighted by atomic mass is 10.2. The number of anilines is 1. The minimum absolute atomic E-state index is 0.0143. The first-order chi connectivity index (χ1) is 13.3. The summed E-state index contributed by atoms with van der Waals surface area (Å²) < 4.78 is 4.83. The number of benzene rings is 1. The summed E-state index contributed by atoms with van der Waals surface area (Å²) in [5.74, 6) is -1.93. The molecule has 0 saturated carbocycles. The highest BCUT2D eigenvalue weighted by molar-refractivity contribution is 6.30. The molecule has 2 amide bonds. The summed E-state index contributed by atoms with van der Waals surface area (Å²) in [6.07, 6.45) is 1.34. The van der Waals surface area contributed by atoms with E-state index in [2.05, 4.69) is 15.6 Å². The maximum Gasteiger partial charge on any atom is 0.328 e. The summed E-state index contributed by atoms with van der Waals surface area (Å²) in [5, 5.41) is 15.9. The van der Waals surface area contributed by atoms with Crippen LogP contribution in [0, 0.1) is 10.1 Å². The van der Waals surface area contributed by atoms with Crippen LogP contribution in [0.1, 0.15) is 17.3 Å². The van der Waals surface area contributed by atoms with Gasteiger partial charge in [0.15, 0.2) is 6.61 Å². The van der Waals surface area contributed by atoms with Crippen LogP contribution in [-0.4, -0.2) is 40.3 Å². The van der Waals surface area contributed by atoms with Crippen molar-refractivity contribution in [2.24, 2.45) is 0 Å². The number of hydrogen-bond donors (Lipinski definition) is 2. The number of carbonyl (C=O) groups is 3. The Morgan fingerprint density at radius 1 is 1.29 bits per heavy atom. The second kappa shape index (κ2) is 9.42. The minimum atomic E-state index is -1.08. The summed E-state index contributed by atoms with van der Waals surface area (Å²) in [5.41, 5.74) is -0.240. The number of carbonyl (C=O) groups excluding carboxylic acids is 3. The number of nitro groups is 1. The molecule has 1 aromatic carbocycles. The number of non-ortho nitro benzene ring substituents is 1. The van der Waals surface area contributed by atoms with Crippen LogP contribution in [0.3, 0.4) is 0 Å². The van der Waals surface area contributed by atoms with Gasteiger partial charge in [-0.3, -0.25) is 19.7 Å². The smallest absolute Gasteiger partial charge is 0.328 e. The highest BCUT2D eigenvalue weighted by Gasteiger charge is 2.20. The third kappa shape index (κ3) is 6.02. The number of hydrogen-bond acceptors (Lipinski definition) is 7. The number of aromatic nitrogens is 1. The van der Waals surface area contributed by atoms with Crippen molar-refractivity contribution >= 4 is 40.9 Å². The fraction of sp³-hybridized carbons (Fsp3) is 0.176. The zero-order chi connectivity index (χ0) is 20.7. The maximum absolute atomic E-state index is 12.1. The molecule has 0 aliphatic carbocycles. The number of nitrogens with one attached hydrogen (secondary N) is 2. The van der Waals surface area contributed by atoms with Crippen LogP contribution in [0.4, 0.5) is 11.5 Å². The maximum atomic E-state index is 12.1. The quantitative estimate of drug-likeness (QED) is 0.406. The van der Waals surface area contributed by atoms with E-state index in [4.69, 9.17) is 16.3 Å². The summed E-state index contributed by atoms with van der Waals surface area (Å²) in [7, 11) is 0. The van der Waals surface area contributed by atoms with Crippen molar-refractivity contribution in [3.8, 4) is 0 Å². The first-order valence-corrected chi connectivity index (χ1v) is 8.27. The van der Waals surface area contributed by atoms with Gasteiger partial charge in [-0.05, 0) is 25.1 Å². The number of halogens is 1. The molecule has 0 unspecified atom stereocenters. The van der Waals surface area contributed by atoms with Crippen molar-refractivity contribution in [1.82, 2.24) is 10.3 Å². The zero-order valence-corrected chi connectivity index (χ0v) is 15.3. The topological polar surface area (TPSA) is 141 Å². The van der Waals surface area contributed by atoms with Crippen LogP contribution < -0.4 is 10.6 Å². The van der Waals surface area contributed by atoms with Crippen molar-refractivity contribution in [1.29, 1.82) is 0 Å². The molecular weight excluding hydrogens is 392 g/mol. The number of pyridine rings is 1. The van der Waals surface area contributed by atoms with Gasteiger partial charge >= 0.3 is 5.97 Å². The average Bonchev–Trinajstić information content (AvgIpc) is 2.67. The van der Waals surface area contributed by atoms with Crippen molar-refractivity contribution in [3.05, 3.63) is 63.3 Å². The molecule has 146 valence electrons. The molecular formula is C17H15ClN4O6. The van der Waals surface area contributed by atoms with Crippen LogP contribution in [0.15, 0.2) is 42.6 Å². The Balaban J connectivity index is 1.84. The van der Waals surface area contributed by atoms with Crippen LogP contribution in [-0.2, 0) is 14.3 Å². The molecule has 0 fully saturated rings. The Hall–Kier alpha value is -3.53. The first kappa shape index (κ1) is 20.8. The van der Waals surface area contributed by atoms with E-state index in [1.165, 1.54) is 43.5 Å². The largest absolute Gasteiger partial charge is 0.454 e. The molecule has 2 rings (SSSR count).